The monoisotopic (exact) mass is 438 g/mol. The molecule has 1 unspecified atom stereocenters. The molecule has 10 nitrogen and oxygen atoms in total. The number of fused-ring (bicyclic) bond motifs is 2. The van der Waals surface area contributed by atoms with Crippen molar-refractivity contribution < 1.29 is 14.6 Å². The fourth-order valence-electron chi connectivity index (χ4n) is 5.25. The highest BCUT2D eigenvalue weighted by Gasteiger charge is 2.35. The third-order valence-corrected chi connectivity index (χ3v) is 6.96. The third-order valence-electron chi connectivity index (χ3n) is 6.96. The Morgan fingerprint density at radius 1 is 1.06 bits per heavy atom. The maximum Gasteiger partial charge on any atom is 0.253 e. The minimum absolute atomic E-state index is 0.173. The molecule has 4 heterocycles. The molecule has 6 rings (SSSR count). The molecule has 2 aromatic heterocycles. The van der Waals surface area contributed by atoms with Gasteiger partial charge in [0.2, 0.25) is 6.79 Å². The number of aromatic amines is 1. The van der Waals surface area contributed by atoms with Gasteiger partial charge < -0.3 is 19.6 Å². The maximum absolute atomic E-state index is 13.3. The van der Waals surface area contributed by atoms with Crippen LogP contribution in [0, 0.1) is 0 Å². The summed E-state index contributed by atoms with van der Waals surface area (Å²) in [5, 5.41) is 23.7. The zero-order valence-corrected chi connectivity index (χ0v) is 17.7. The van der Waals surface area contributed by atoms with Gasteiger partial charge in [0.05, 0.1) is 17.7 Å². The van der Waals surface area contributed by atoms with E-state index in [4.69, 9.17) is 9.47 Å². The number of aromatic nitrogens is 5. The fourth-order valence-corrected chi connectivity index (χ4v) is 5.25. The number of hydrogen-bond acceptors (Lipinski definition) is 8. The lowest BCUT2D eigenvalue weighted by Gasteiger charge is -2.35. The van der Waals surface area contributed by atoms with Crippen molar-refractivity contribution in [1.82, 2.24) is 30.1 Å². The van der Waals surface area contributed by atoms with E-state index in [2.05, 4.69) is 25.4 Å². The van der Waals surface area contributed by atoms with Crippen LogP contribution in [0.15, 0.2) is 23.0 Å². The first kappa shape index (κ1) is 19.7. The van der Waals surface area contributed by atoms with Gasteiger partial charge in [0, 0.05) is 30.1 Å². The second kappa shape index (κ2) is 7.86. The lowest BCUT2D eigenvalue weighted by molar-refractivity contribution is 0.0654. The van der Waals surface area contributed by atoms with E-state index in [1.165, 1.54) is 0 Å². The van der Waals surface area contributed by atoms with E-state index in [9.17, 15) is 9.90 Å². The minimum atomic E-state index is -0.392. The van der Waals surface area contributed by atoms with Crippen LogP contribution in [0.25, 0.3) is 10.9 Å². The first-order valence-electron chi connectivity index (χ1n) is 11.3. The molecule has 2 N–H and O–H groups in total. The molecule has 2 aliphatic heterocycles. The van der Waals surface area contributed by atoms with Gasteiger partial charge in [-0.25, -0.2) is 4.68 Å². The molecule has 0 bridgehead atoms. The van der Waals surface area contributed by atoms with Crippen LogP contribution in [-0.4, -0.2) is 61.2 Å². The average Bonchev–Trinajstić information content (AvgIpc) is 3.55. The highest BCUT2D eigenvalue weighted by atomic mass is 16.7. The first-order chi connectivity index (χ1) is 15.7. The van der Waals surface area contributed by atoms with Crippen LogP contribution < -0.4 is 15.0 Å². The standard InChI is InChI=1S/C22H26N6O4/c29-15-5-7-27(8-6-15)20(21-24-25-26-28(21)14-3-1-2-4-14)16-9-13-10-18-19(32-12-31-18)11-17(13)23-22(16)30/h9-11,14-15,20,29H,1-8,12H2,(H,23,30). The van der Waals surface area contributed by atoms with Crippen LogP contribution in [0.4, 0.5) is 0 Å². The van der Waals surface area contributed by atoms with Gasteiger partial charge in [0.1, 0.15) is 6.04 Å². The zero-order chi connectivity index (χ0) is 21.7. The summed E-state index contributed by atoms with van der Waals surface area (Å²) in [5.74, 6) is 2.00. The van der Waals surface area contributed by atoms with Crippen LogP contribution in [0.5, 0.6) is 11.5 Å². The molecule has 3 aliphatic rings. The number of ether oxygens (including phenoxy) is 2. The van der Waals surface area contributed by atoms with Crippen LogP contribution in [0.2, 0.25) is 0 Å². The van der Waals surface area contributed by atoms with Gasteiger partial charge in [0.15, 0.2) is 17.3 Å². The fraction of sp³-hybridized carbons (Fsp3) is 0.545. The van der Waals surface area contributed by atoms with Gasteiger partial charge in [-0.1, -0.05) is 12.8 Å². The highest BCUT2D eigenvalue weighted by Crippen LogP contribution is 2.38. The van der Waals surface area contributed by atoms with E-state index in [0.29, 0.717) is 54.3 Å². The quantitative estimate of drug-likeness (QED) is 0.634. The molecule has 1 saturated carbocycles. The van der Waals surface area contributed by atoms with Crippen LogP contribution >= 0.6 is 0 Å². The second-order valence-corrected chi connectivity index (χ2v) is 8.94. The average molecular weight is 438 g/mol. The van der Waals surface area contributed by atoms with E-state index in [-0.39, 0.29) is 24.5 Å². The number of piperidine rings is 1. The van der Waals surface area contributed by atoms with Gasteiger partial charge in [0.25, 0.3) is 5.56 Å². The summed E-state index contributed by atoms with van der Waals surface area (Å²) < 4.78 is 12.9. The number of pyridine rings is 1. The van der Waals surface area contributed by atoms with Crippen molar-refractivity contribution in [2.75, 3.05) is 19.9 Å². The van der Waals surface area contributed by atoms with E-state index >= 15 is 0 Å². The summed E-state index contributed by atoms with van der Waals surface area (Å²) in [4.78, 5) is 18.6. The van der Waals surface area contributed by atoms with Crippen molar-refractivity contribution in [2.24, 2.45) is 0 Å². The molecule has 2 fully saturated rings. The largest absolute Gasteiger partial charge is 0.454 e. The lowest BCUT2D eigenvalue weighted by atomic mass is 9.99. The van der Waals surface area contributed by atoms with Crippen molar-refractivity contribution in [3.8, 4) is 11.5 Å². The van der Waals surface area contributed by atoms with Gasteiger partial charge in [-0.15, -0.1) is 5.10 Å². The number of H-pyrrole nitrogens is 1. The Morgan fingerprint density at radius 3 is 2.59 bits per heavy atom. The Labute approximate surface area is 184 Å². The Bertz CT molecular complexity index is 1190. The smallest absolute Gasteiger partial charge is 0.253 e. The molecule has 0 spiro atoms. The van der Waals surface area contributed by atoms with Crippen molar-refractivity contribution in [3.05, 3.63) is 39.9 Å². The summed E-state index contributed by atoms with van der Waals surface area (Å²) >= 11 is 0. The number of hydrogen-bond donors (Lipinski definition) is 2. The Morgan fingerprint density at radius 2 is 1.81 bits per heavy atom. The molecule has 10 heteroatoms. The van der Waals surface area contributed by atoms with Gasteiger partial charge in [-0.2, -0.15) is 0 Å². The lowest BCUT2D eigenvalue weighted by Crippen LogP contribution is -2.42. The number of aliphatic hydroxyl groups is 1. The SMILES string of the molecule is O=c1[nH]c2cc3c(cc2cc1C(c1nnnn1C1CCCC1)N1CCC(O)CC1)OCO3. The Balaban J connectivity index is 1.48. The van der Waals surface area contributed by atoms with Crippen molar-refractivity contribution >= 4 is 10.9 Å². The van der Waals surface area contributed by atoms with E-state index in [0.717, 1.165) is 31.1 Å². The van der Waals surface area contributed by atoms with Gasteiger partial charge in [-0.05, 0) is 48.2 Å². The van der Waals surface area contributed by atoms with E-state index in [1.54, 1.807) is 6.07 Å². The van der Waals surface area contributed by atoms with Crippen molar-refractivity contribution in [1.29, 1.82) is 0 Å². The molecule has 1 saturated heterocycles. The van der Waals surface area contributed by atoms with Crippen molar-refractivity contribution in [3.63, 3.8) is 0 Å². The molecule has 1 aromatic carbocycles. The summed E-state index contributed by atoms with van der Waals surface area (Å²) in [5.41, 5.74) is 1.13. The Hall–Kier alpha value is -2.98. The number of aliphatic hydroxyl groups excluding tert-OH is 1. The van der Waals surface area contributed by atoms with Crippen molar-refractivity contribution in [2.45, 2.75) is 56.7 Å². The minimum Gasteiger partial charge on any atom is -0.454 e. The van der Waals surface area contributed by atoms with Crippen LogP contribution in [-0.2, 0) is 0 Å². The predicted octanol–water partition coefficient (Wildman–Crippen LogP) is 1.90. The number of nitrogens with one attached hydrogen (secondary N) is 1. The van der Waals surface area contributed by atoms with Crippen LogP contribution in [0.1, 0.15) is 62.0 Å². The Kier molecular flexibility index (Phi) is 4.83. The molecule has 0 radical (unpaired) electrons. The molecular formula is C22H26N6O4. The summed E-state index contributed by atoms with van der Waals surface area (Å²) in [7, 11) is 0. The first-order valence-corrected chi connectivity index (χ1v) is 11.3. The summed E-state index contributed by atoms with van der Waals surface area (Å²) in [6.45, 7) is 1.52. The number of likely N-dealkylation sites (tertiary alicyclic amines) is 1. The van der Waals surface area contributed by atoms with E-state index in [1.807, 2.05) is 16.8 Å². The normalized spacial score (nSPS) is 20.9. The number of rotatable bonds is 4. The van der Waals surface area contributed by atoms with E-state index < -0.39 is 6.04 Å². The third kappa shape index (κ3) is 3.34. The van der Waals surface area contributed by atoms with Gasteiger partial charge in [-0.3, -0.25) is 9.69 Å². The molecule has 1 atom stereocenters. The number of tetrazole rings is 1. The summed E-state index contributed by atoms with van der Waals surface area (Å²) in [6, 6.07) is 5.48. The molecule has 32 heavy (non-hydrogen) atoms. The zero-order valence-electron chi connectivity index (χ0n) is 17.7. The summed E-state index contributed by atoms with van der Waals surface area (Å²) in [6.07, 6.45) is 5.41. The maximum atomic E-state index is 13.3. The molecular weight excluding hydrogens is 412 g/mol. The molecule has 168 valence electrons. The highest BCUT2D eigenvalue weighted by molar-refractivity contribution is 5.83. The molecule has 3 aromatic rings. The second-order valence-electron chi connectivity index (χ2n) is 8.94. The molecule has 0 amide bonds. The van der Waals surface area contributed by atoms with Gasteiger partial charge >= 0.3 is 0 Å². The molecule has 1 aliphatic carbocycles. The topological polar surface area (TPSA) is 118 Å². The predicted molar refractivity (Wildman–Crippen MR) is 115 cm³/mol. The van der Waals surface area contributed by atoms with Crippen LogP contribution in [0.3, 0.4) is 0 Å². The number of nitrogens with zero attached hydrogens (tertiary/aromatic N) is 5. The number of benzene rings is 1.